The van der Waals surface area contributed by atoms with E-state index in [-0.39, 0.29) is 59.2 Å². The molecule has 0 aliphatic carbocycles. The van der Waals surface area contributed by atoms with Crippen LogP contribution in [-0.4, -0.2) is 222 Å². The number of phenols is 3. The molecule has 22 atom stereocenters. The first-order chi connectivity index (χ1) is 58.3. The molecular formula is C84H102Cl2N10O27. The van der Waals surface area contributed by atoms with E-state index in [1.807, 2.05) is 45.0 Å². The lowest BCUT2D eigenvalue weighted by molar-refractivity contribution is -0.334. The molecule has 39 heteroatoms. The number of fused-ring (bicyclic) bond motifs is 15. The van der Waals surface area contributed by atoms with Crippen molar-refractivity contribution in [2.24, 2.45) is 17.4 Å². The monoisotopic (exact) mass is 1750 g/mol. The number of amides is 7. The maximum Gasteiger partial charge on any atom is 0.330 e. The summed E-state index contributed by atoms with van der Waals surface area (Å²) >= 11 is 14.6. The number of nitrogens with one attached hydrogen (secondary N) is 8. The third-order valence-electron chi connectivity index (χ3n) is 22.5. The minimum Gasteiger partial charge on any atom is -0.508 e. The predicted octanol–water partition coefficient (Wildman–Crippen LogP) is 3.35. The predicted molar refractivity (Wildman–Crippen MR) is 435 cm³/mol. The van der Waals surface area contributed by atoms with Gasteiger partial charge in [0.1, 0.15) is 95.2 Å². The van der Waals surface area contributed by atoms with E-state index in [2.05, 4.69) is 42.5 Å². The van der Waals surface area contributed by atoms with Gasteiger partial charge in [-0.1, -0.05) is 80.7 Å². The number of carboxylic acid groups (broad SMARTS) is 1. The van der Waals surface area contributed by atoms with E-state index in [0.29, 0.717) is 12.4 Å². The highest BCUT2D eigenvalue weighted by Gasteiger charge is 2.53. The second-order valence-corrected chi connectivity index (χ2v) is 33.2. The van der Waals surface area contributed by atoms with Crippen molar-refractivity contribution < 1.29 is 132 Å². The normalized spacial score (nSPS) is 30.0. The Balaban J connectivity index is 1.08. The Labute approximate surface area is 715 Å². The van der Waals surface area contributed by atoms with Crippen LogP contribution < -0.4 is 72.9 Å². The number of primary amides is 1. The maximum atomic E-state index is 16.5. The number of carboxylic acids is 1. The number of unbranched alkanes of at least 4 members (excludes halogenated alkanes) is 1. The number of aliphatic hydroxyl groups is 6. The van der Waals surface area contributed by atoms with Gasteiger partial charge in [0.25, 0.3) is 0 Å². The fraction of sp³-hybridized carbons (Fsp3) is 0.476. The molecule has 3 fully saturated rings. The number of carbonyl (C=O) groups is 8. The van der Waals surface area contributed by atoms with Gasteiger partial charge in [-0.2, -0.15) is 0 Å². The summed E-state index contributed by atoms with van der Waals surface area (Å²) in [5.41, 5.74) is 7.80. The fourth-order valence-electron chi connectivity index (χ4n) is 15.7. The lowest BCUT2D eigenvalue weighted by Gasteiger charge is -2.48. The smallest absolute Gasteiger partial charge is 0.330 e. The van der Waals surface area contributed by atoms with Gasteiger partial charge in [-0.25, -0.2) is 4.79 Å². The maximum absolute atomic E-state index is 16.5. The van der Waals surface area contributed by atoms with E-state index in [4.69, 9.17) is 77.3 Å². The average Bonchev–Trinajstić information content (AvgIpc) is 0.762. The Morgan fingerprint density at radius 1 is 0.675 bits per heavy atom. The molecule has 0 spiro atoms. The number of likely N-dealkylation sites (N-methyl/N-ethyl adjacent to an activating group) is 1. The van der Waals surface area contributed by atoms with E-state index in [1.165, 1.54) is 51.2 Å². The van der Waals surface area contributed by atoms with Gasteiger partial charge in [-0.15, -0.1) is 0 Å². The van der Waals surface area contributed by atoms with Crippen LogP contribution in [0, 0.1) is 5.92 Å². The average molecular weight is 1750 g/mol. The van der Waals surface area contributed by atoms with Crippen LogP contribution in [-0.2, 0) is 68.6 Å². The minimum atomic E-state index is -2.39. The molecule has 3 saturated heterocycles. The number of benzene rings is 6. The van der Waals surface area contributed by atoms with Crippen molar-refractivity contribution in [1.82, 2.24) is 42.5 Å². The molecule has 0 radical (unpaired) electrons. The molecule has 11 bridgehead atoms. The van der Waals surface area contributed by atoms with E-state index >= 15 is 24.0 Å². The van der Waals surface area contributed by atoms with Crippen LogP contribution in [0.3, 0.4) is 0 Å². The number of nitrogens with two attached hydrogens (primary N) is 2. The van der Waals surface area contributed by atoms with Crippen molar-refractivity contribution in [3.8, 4) is 62.9 Å². The standard InChI is InChI=1S/C84H102Cl2N10O27/c1-9-10-21-115-44-16-11-38(12-17-44)33-90-84(7)32-60(117-37(5)74(84)106)122-72-69(104)68(103)57(34-97)120-82(72)123-71-55-26-42-27-56(71)119-54-20-15-41(25-48(54)86)70(121-59-31-83(6,88)73(105)36(4)116-59)66-80(112)94-64(81(113)114)46-28-43(98)29-52(100)61(46)45-23-39(13-18-51(45)99)62(77(109)96-66)93-78(110)63(42)92-76(108)50(30-58(87)101)91-79(111)65(95-75(107)49(89-8)22-35(2)3)67(102)40-14-19-53(118-55)47(85)24-40/h11-20,23-29,35-37,49-50,57,59-60,62-70,72-74,82,89-90,97-100,102-106H,9-10,21-22,30-34,88H2,1-8H3,(H2,87,101)(H,91,111)(H,92,108)(H,93,110)(H,94,112)(H,95,107)(H,96,109)(H,113,114). The zero-order valence-electron chi connectivity index (χ0n) is 68.1. The van der Waals surface area contributed by atoms with Gasteiger partial charge in [0.2, 0.25) is 53.4 Å². The van der Waals surface area contributed by atoms with Crippen LogP contribution in [0.25, 0.3) is 11.1 Å². The number of carbonyl (C=O) groups excluding carboxylic acids is 7. The topological polar surface area (TPSA) is 570 Å². The number of halogens is 2. The van der Waals surface area contributed by atoms with Gasteiger partial charge in [-0.3, -0.25) is 33.6 Å². The SMILES string of the molecule is CCCCOc1ccc(CNC2(C)CC(OC3C(Oc4c5cc6cc4Oc4ccc(cc4Cl)C(OC4CC(C)(N)C(O)C(C)O4)C4NC(=O)C(NC(=O)C6NC(=O)C(CC(N)=O)NC(=O)C(NC(=O)C(CC(C)C)NC)C(O)c6ccc(c(Cl)c6)O5)c5ccc(O)c(c5)-c5c(O)cc(O)cc5C(C(=O)O)NC4=O)OC(CO)C(O)C3O)OC(C)C2O)cc1. The lowest BCUT2D eigenvalue weighted by atomic mass is 9.84. The molecule has 6 aromatic rings. The molecule has 8 heterocycles. The molecule has 22 N–H and O–H groups in total. The molecular weight excluding hydrogens is 1650 g/mol. The van der Waals surface area contributed by atoms with Crippen molar-refractivity contribution in [1.29, 1.82) is 0 Å². The molecule has 37 nitrogen and oxygen atoms in total. The molecule has 8 aliphatic rings. The first-order valence-corrected chi connectivity index (χ1v) is 40.8. The van der Waals surface area contributed by atoms with Gasteiger partial charge in [0, 0.05) is 53.2 Å². The van der Waals surface area contributed by atoms with Crippen LogP contribution in [0.2, 0.25) is 10.0 Å². The highest BCUT2D eigenvalue weighted by Crippen LogP contribution is 2.51. The largest absolute Gasteiger partial charge is 0.508 e. The highest BCUT2D eigenvalue weighted by atomic mass is 35.5. The Morgan fingerprint density at radius 2 is 1.29 bits per heavy atom. The molecule has 6 aromatic carbocycles. The van der Waals surface area contributed by atoms with E-state index in [0.717, 1.165) is 66.9 Å². The molecule has 14 rings (SSSR count). The summed E-state index contributed by atoms with van der Waals surface area (Å²) in [7, 11) is 1.48. The van der Waals surface area contributed by atoms with Gasteiger partial charge >= 0.3 is 5.97 Å². The summed E-state index contributed by atoms with van der Waals surface area (Å²) in [5, 5.41) is 137. The number of ether oxygens (including phenoxy) is 9. The summed E-state index contributed by atoms with van der Waals surface area (Å²) in [4.78, 5) is 121. The van der Waals surface area contributed by atoms with Gasteiger partial charge in [-0.05, 0) is 148 Å². The number of aliphatic carboxylic acids is 1. The number of aromatic hydroxyl groups is 3. The van der Waals surface area contributed by atoms with Crippen LogP contribution in [0.5, 0.6) is 51.7 Å². The Kier molecular flexibility index (Phi) is 28.7. The van der Waals surface area contributed by atoms with Crippen molar-refractivity contribution in [3.05, 3.63) is 147 Å². The van der Waals surface area contributed by atoms with Crippen molar-refractivity contribution in [3.63, 3.8) is 0 Å². The molecule has 664 valence electrons. The van der Waals surface area contributed by atoms with E-state index in [9.17, 15) is 65.4 Å². The molecule has 8 aliphatic heterocycles. The van der Waals surface area contributed by atoms with Crippen LogP contribution in [0.15, 0.2) is 103 Å². The fourth-order valence-corrected chi connectivity index (χ4v) is 16.2. The quantitative estimate of drug-likeness (QED) is 0.0433. The van der Waals surface area contributed by atoms with Crippen molar-refractivity contribution in [2.75, 3.05) is 20.3 Å². The van der Waals surface area contributed by atoms with Gasteiger partial charge in [0.15, 0.2) is 36.2 Å². The lowest BCUT2D eigenvalue weighted by Crippen LogP contribution is -2.65. The first kappa shape index (κ1) is 91.9. The summed E-state index contributed by atoms with van der Waals surface area (Å²) in [6.07, 6.45) is -21.1. The highest BCUT2D eigenvalue weighted by molar-refractivity contribution is 6.32. The Bertz CT molecular complexity index is 4940. The van der Waals surface area contributed by atoms with Gasteiger partial charge in [0.05, 0.1) is 60.1 Å². The molecule has 22 unspecified atom stereocenters. The number of aliphatic hydroxyl groups excluding tert-OH is 6. The Hall–Kier alpha value is -10.3. The number of hydrogen-bond donors (Lipinski definition) is 20. The van der Waals surface area contributed by atoms with E-state index < -0.39 is 261 Å². The number of rotatable bonds is 22. The molecule has 123 heavy (non-hydrogen) atoms. The van der Waals surface area contributed by atoms with Gasteiger partial charge < -0.3 is 148 Å². The summed E-state index contributed by atoms with van der Waals surface area (Å²) in [5.74, 6) is -15.4. The molecule has 0 saturated carbocycles. The number of hydrogen-bond acceptors (Lipinski definition) is 29. The molecule has 0 aromatic heterocycles. The molecule has 7 amide bonds. The first-order valence-electron chi connectivity index (χ1n) is 40.0. The van der Waals surface area contributed by atoms with Crippen LogP contribution >= 0.6 is 23.2 Å². The van der Waals surface area contributed by atoms with Crippen molar-refractivity contribution in [2.45, 2.75) is 227 Å². The van der Waals surface area contributed by atoms with Crippen molar-refractivity contribution >= 4 is 70.5 Å². The third-order valence-corrected chi connectivity index (χ3v) is 23.1. The van der Waals surface area contributed by atoms with E-state index in [1.54, 1.807) is 13.8 Å². The Morgan fingerprint density at radius 3 is 1.91 bits per heavy atom. The zero-order chi connectivity index (χ0) is 89.1. The summed E-state index contributed by atoms with van der Waals surface area (Å²) in [6.45, 7) is 11.7. The second-order valence-electron chi connectivity index (χ2n) is 32.4. The third kappa shape index (κ3) is 20.6. The number of phenolic OH excluding ortho intramolecular Hbond substituents is 3. The van der Waals surface area contributed by atoms with Crippen LogP contribution in [0.1, 0.15) is 151 Å². The summed E-state index contributed by atoms with van der Waals surface area (Å²) < 4.78 is 58.7. The minimum absolute atomic E-state index is 0.117. The second kappa shape index (κ2) is 38.4. The zero-order valence-corrected chi connectivity index (χ0v) is 69.6. The van der Waals surface area contributed by atoms with Crippen LogP contribution in [0.4, 0.5) is 0 Å². The summed E-state index contributed by atoms with van der Waals surface area (Å²) in [6, 6.07) is 6.96.